The third-order valence-corrected chi connectivity index (χ3v) is 3.32. The van der Waals surface area contributed by atoms with Gasteiger partial charge in [0.15, 0.2) is 0 Å². The second kappa shape index (κ2) is 18.8. The van der Waals surface area contributed by atoms with Crippen LogP contribution < -0.4 is 5.32 Å². The fraction of sp³-hybridized carbons (Fsp3) is 0.500. The molecule has 1 aliphatic carbocycles. The highest BCUT2D eigenvalue weighted by Crippen LogP contribution is 2.32. The van der Waals surface area contributed by atoms with Crippen molar-refractivity contribution in [2.24, 2.45) is 0 Å². The van der Waals surface area contributed by atoms with E-state index < -0.39 is 17.6 Å². The molecule has 166 valence electrons. The number of alkyl carbamates (subject to hydrolysis) is 1. The zero-order valence-corrected chi connectivity index (χ0v) is 19.9. The number of rotatable bonds is 3. The van der Waals surface area contributed by atoms with E-state index in [0.29, 0.717) is 0 Å². The number of carboxylic acids is 1. The Labute approximate surface area is 177 Å². The van der Waals surface area contributed by atoms with Crippen molar-refractivity contribution in [2.75, 3.05) is 7.11 Å². The molecule has 0 radical (unpaired) electrons. The third kappa shape index (κ3) is 13.3. The molecule has 2 rings (SSSR count). The van der Waals surface area contributed by atoms with Crippen LogP contribution in [0.5, 0.6) is 0 Å². The van der Waals surface area contributed by atoms with E-state index in [1.54, 1.807) is 0 Å². The molecule has 5 nitrogen and oxygen atoms in total. The molecule has 0 fully saturated rings. The summed E-state index contributed by atoms with van der Waals surface area (Å²) in [5.74, 6) is -0.833. The SMILES string of the molecule is CC.CC.CC.CC(=O)O.COC(=O)NC(C)(C)c1ccccc1C1=CC=CC1. The predicted molar refractivity (Wildman–Crippen MR) is 124 cm³/mol. The number of amides is 1. The number of aliphatic carboxylic acids is 1. The average molecular weight is 408 g/mol. The normalized spacial score (nSPS) is 10.8. The van der Waals surface area contributed by atoms with E-state index in [1.807, 2.05) is 73.6 Å². The van der Waals surface area contributed by atoms with Crippen molar-refractivity contribution in [3.63, 3.8) is 0 Å². The van der Waals surface area contributed by atoms with Crippen LogP contribution in [0.1, 0.15) is 79.9 Å². The van der Waals surface area contributed by atoms with Crippen LogP contribution in [0.4, 0.5) is 4.79 Å². The number of hydrogen-bond donors (Lipinski definition) is 2. The Morgan fingerprint density at radius 3 is 1.93 bits per heavy atom. The Kier molecular flexibility index (Phi) is 20.2. The minimum atomic E-state index is -0.833. The highest BCUT2D eigenvalue weighted by atomic mass is 16.5. The Bertz CT molecular complexity index is 628. The number of carboxylic acid groups (broad SMARTS) is 1. The Morgan fingerprint density at radius 1 is 1.03 bits per heavy atom. The smallest absolute Gasteiger partial charge is 0.407 e. The lowest BCUT2D eigenvalue weighted by Crippen LogP contribution is -2.41. The lowest BCUT2D eigenvalue weighted by molar-refractivity contribution is -0.134. The Morgan fingerprint density at radius 2 is 1.52 bits per heavy atom. The second-order valence-corrected chi connectivity index (χ2v) is 5.63. The number of benzene rings is 1. The Balaban J connectivity index is -0.000000580. The molecule has 0 saturated heterocycles. The zero-order valence-electron chi connectivity index (χ0n) is 19.9. The molecule has 0 heterocycles. The summed E-state index contributed by atoms with van der Waals surface area (Å²) in [7, 11) is 1.38. The number of nitrogens with one attached hydrogen (secondary N) is 1. The summed E-state index contributed by atoms with van der Waals surface area (Å²) in [5.41, 5.74) is 3.06. The maximum absolute atomic E-state index is 11.5. The van der Waals surface area contributed by atoms with Gasteiger partial charge in [0.25, 0.3) is 5.97 Å². The van der Waals surface area contributed by atoms with E-state index in [9.17, 15) is 4.79 Å². The number of methoxy groups -OCH3 is 1. The summed E-state index contributed by atoms with van der Waals surface area (Å²) in [6, 6.07) is 8.15. The highest BCUT2D eigenvalue weighted by Gasteiger charge is 2.26. The van der Waals surface area contributed by atoms with Gasteiger partial charge in [0.1, 0.15) is 0 Å². The van der Waals surface area contributed by atoms with Crippen LogP contribution in [0.25, 0.3) is 5.57 Å². The van der Waals surface area contributed by atoms with Crippen molar-refractivity contribution < 1.29 is 19.4 Å². The highest BCUT2D eigenvalue weighted by molar-refractivity contribution is 5.75. The number of allylic oxidation sites excluding steroid dienone is 4. The van der Waals surface area contributed by atoms with Crippen molar-refractivity contribution in [1.82, 2.24) is 5.32 Å². The minimum Gasteiger partial charge on any atom is -0.481 e. The van der Waals surface area contributed by atoms with E-state index in [4.69, 9.17) is 14.6 Å². The maximum Gasteiger partial charge on any atom is 0.407 e. The van der Waals surface area contributed by atoms with Gasteiger partial charge in [-0.15, -0.1) is 0 Å². The summed E-state index contributed by atoms with van der Waals surface area (Å²) < 4.78 is 4.70. The van der Waals surface area contributed by atoms with E-state index in [0.717, 1.165) is 18.9 Å². The standard InChI is InChI=1S/C16H19NO2.C2H4O2.3C2H6/c1-16(2,17-15(18)19-3)14-11-7-6-10-13(14)12-8-4-5-9-12;1-2(3)4;3*1-2/h4-8,10-11H,9H2,1-3H3,(H,17,18);1H3,(H,3,4);3*1-2H3. The van der Waals surface area contributed by atoms with Gasteiger partial charge in [-0.05, 0) is 37.0 Å². The first-order chi connectivity index (χ1) is 13.8. The van der Waals surface area contributed by atoms with Gasteiger partial charge in [-0.25, -0.2) is 4.79 Å². The van der Waals surface area contributed by atoms with Gasteiger partial charge in [-0.2, -0.15) is 0 Å². The number of carbonyl (C=O) groups is 2. The van der Waals surface area contributed by atoms with Crippen molar-refractivity contribution in [3.8, 4) is 0 Å². The van der Waals surface area contributed by atoms with Crippen molar-refractivity contribution >= 4 is 17.6 Å². The average Bonchev–Trinajstić information content (AvgIpc) is 3.26. The molecule has 1 aliphatic rings. The molecule has 1 amide bonds. The topological polar surface area (TPSA) is 75.6 Å². The molecular weight excluding hydrogens is 366 g/mol. The summed E-state index contributed by atoms with van der Waals surface area (Å²) >= 11 is 0. The molecule has 1 aromatic carbocycles. The third-order valence-electron chi connectivity index (χ3n) is 3.32. The lowest BCUT2D eigenvalue weighted by Gasteiger charge is -2.28. The molecule has 0 saturated carbocycles. The minimum absolute atomic E-state index is 0.418. The number of ether oxygens (including phenoxy) is 1. The fourth-order valence-electron chi connectivity index (χ4n) is 2.33. The molecule has 0 spiro atoms. The lowest BCUT2D eigenvalue weighted by atomic mass is 9.86. The van der Waals surface area contributed by atoms with Crippen molar-refractivity contribution in [2.45, 2.75) is 74.3 Å². The van der Waals surface area contributed by atoms with Gasteiger partial charge < -0.3 is 15.2 Å². The molecule has 0 bridgehead atoms. The predicted octanol–water partition coefficient (Wildman–Crippen LogP) is 6.79. The van der Waals surface area contributed by atoms with Gasteiger partial charge in [-0.3, -0.25) is 4.79 Å². The molecule has 29 heavy (non-hydrogen) atoms. The Hall–Kier alpha value is -2.56. The first kappa shape index (κ1) is 31.1. The second-order valence-electron chi connectivity index (χ2n) is 5.63. The van der Waals surface area contributed by atoms with Gasteiger partial charge in [0.05, 0.1) is 12.6 Å². The molecule has 0 atom stereocenters. The van der Waals surface area contributed by atoms with E-state index in [1.165, 1.54) is 18.2 Å². The van der Waals surface area contributed by atoms with Crippen LogP contribution in [0.2, 0.25) is 0 Å². The van der Waals surface area contributed by atoms with Crippen LogP contribution in [-0.4, -0.2) is 24.3 Å². The molecule has 1 aromatic rings. The number of carbonyl (C=O) groups excluding carboxylic acids is 1. The molecule has 5 heteroatoms. The summed E-state index contributed by atoms with van der Waals surface area (Å²) in [6.07, 6.45) is 6.83. The van der Waals surface area contributed by atoms with Crippen LogP contribution in [0, 0.1) is 0 Å². The first-order valence-electron chi connectivity index (χ1n) is 10.3. The monoisotopic (exact) mass is 407 g/mol. The fourth-order valence-corrected chi connectivity index (χ4v) is 2.33. The maximum atomic E-state index is 11.5. The van der Waals surface area contributed by atoms with Crippen LogP contribution >= 0.6 is 0 Å². The first-order valence-corrected chi connectivity index (χ1v) is 10.3. The zero-order chi connectivity index (χ0) is 23.5. The summed E-state index contributed by atoms with van der Waals surface area (Å²) in [5, 5.41) is 10.3. The largest absolute Gasteiger partial charge is 0.481 e. The van der Waals surface area contributed by atoms with Gasteiger partial charge in [0, 0.05) is 6.92 Å². The van der Waals surface area contributed by atoms with Gasteiger partial charge in [-0.1, -0.05) is 84.0 Å². The molecule has 0 unspecified atom stereocenters. The van der Waals surface area contributed by atoms with E-state index in [2.05, 4.69) is 29.6 Å². The summed E-state index contributed by atoms with van der Waals surface area (Å²) in [6.45, 7) is 17.0. The quantitative estimate of drug-likeness (QED) is 0.578. The van der Waals surface area contributed by atoms with E-state index >= 15 is 0 Å². The van der Waals surface area contributed by atoms with Crippen molar-refractivity contribution in [3.05, 3.63) is 53.6 Å². The van der Waals surface area contributed by atoms with Crippen LogP contribution in [0.15, 0.2) is 42.5 Å². The molecular formula is C24H41NO4. The summed E-state index contributed by atoms with van der Waals surface area (Å²) in [4.78, 5) is 20.5. The van der Waals surface area contributed by atoms with E-state index in [-0.39, 0.29) is 0 Å². The number of hydrogen-bond acceptors (Lipinski definition) is 3. The van der Waals surface area contributed by atoms with Gasteiger partial charge >= 0.3 is 6.09 Å². The van der Waals surface area contributed by atoms with Crippen LogP contribution in [-0.2, 0) is 15.1 Å². The molecule has 0 aromatic heterocycles. The van der Waals surface area contributed by atoms with Crippen LogP contribution in [0.3, 0.4) is 0 Å². The van der Waals surface area contributed by atoms with Gasteiger partial charge in [0.2, 0.25) is 0 Å². The molecule has 0 aliphatic heterocycles. The van der Waals surface area contributed by atoms with Crippen molar-refractivity contribution in [1.29, 1.82) is 0 Å². The molecule has 2 N–H and O–H groups in total.